The number of anilines is 1. The van der Waals surface area contributed by atoms with Crippen LogP contribution < -0.4 is 10.4 Å². The van der Waals surface area contributed by atoms with E-state index in [9.17, 15) is 9.59 Å². The summed E-state index contributed by atoms with van der Waals surface area (Å²) in [5.74, 6) is -0.272. The number of esters is 1. The van der Waals surface area contributed by atoms with Crippen LogP contribution in [0.2, 0.25) is 0 Å². The number of aliphatic hydroxyl groups is 1. The zero-order valence-electron chi connectivity index (χ0n) is 12.1. The van der Waals surface area contributed by atoms with Gasteiger partial charge >= 0.3 is 5.97 Å². The van der Waals surface area contributed by atoms with E-state index in [4.69, 9.17) is 14.7 Å². The van der Waals surface area contributed by atoms with Crippen molar-refractivity contribution in [1.82, 2.24) is 10.3 Å². The highest BCUT2D eigenvalue weighted by atomic mass is 16.8. The molecule has 0 spiro atoms. The summed E-state index contributed by atoms with van der Waals surface area (Å²) in [5, 5.41) is 12.7. The molecular weight excluding hydrogens is 290 g/mol. The highest BCUT2D eigenvalue weighted by Crippen LogP contribution is 2.17. The van der Waals surface area contributed by atoms with Crippen LogP contribution in [0, 0.1) is 0 Å². The zero-order valence-corrected chi connectivity index (χ0v) is 12.1. The molecule has 0 fully saturated rings. The number of nitrogens with one attached hydrogen (secondary N) is 1. The van der Waals surface area contributed by atoms with Gasteiger partial charge in [0.15, 0.2) is 5.82 Å². The van der Waals surface area contributed by atoms with E-state index in [1.54, 1.807) is 24.3 Å². The normalized spacial score (nSPS) is 17.2. The van der Waals surface area contributed by atoms with Crippen LogP contribution in [0.5, 0.6) is 0 Å². The summed E-state index contributed by atoms with van der Waals surface area (Å²) in [4.78, 5) is 32.2. The second kappa shape index (κ2) is 7.53. The number of hydroxylamine groups is 1. The van der Waals surface area contributed by atoms with Gasteiger partial charge in [0, 0.05) is 19.7 Å². The van der Waals surface area contributed by atoms with E-state index in [0.29, 0.717) is 17.9 Å². The van der Waals surface area contributed by atoms with Gasteiger partial charge in [-0.25, -0.2) is 14.9 Å². The van der Waals surface area contributed by atoms with Crippen molar-refractivity contribution in [2.75, 3.05) is 24.8 Å². The van der Waals surface area contributed by atoms with E-state index >= 15 is 0 Å². The van der Waals surface area contributed by atoms with Crippen LogP contribution in [0.25, 0.3) is 0 Å². The Labute approximate surface area is 127 Å². The Kier molecular flexibility index (Phi) is 5.45. The highest BCUT2D eigenvalue weighted by Gasteiger charge is 2.20. The molecule has 1 aromatic heterocycles. The minimum atomic E-state index is -0.791. The maximum absolute atomic E-state index is 11.7. The molecule has 0 radical (unpaired) electrons. The van der Waals surface area contributed by atoms with Gasteiger partial charge in [0.1, 0.15) is 0 Å². The topological polar surface area (TPSA) is 101 Å². The van der Waals surface area contributed by atoms with Crippen molar-refractivity contribution in [3.63, 3.8) is 0 Å². The van der Waals surface area contributed by atoms with Crippen LogP contribution in [0.4, 0.5) is 5.82 Å². The quantitative estimate of drug-likeness (QED) is 0.583. The lowest BCUT2D eigenvalue weighted by Gasteiger charge is -2.28. The number of hydrogen-bond donors (Lipinski definition) is 2. The molecule has 1 unspecified atom stereocenters. The second-order valence-corrected chi connectivity index (χ2v) is 4.46. The predicted octanol–water partition coefficient (Wildman–Crippen LogP) is 0.000700. The zero-order chi connectivity index (χ0) is 15.9. The van der Waals surface area contributed by atoms with Crippen LogP contribution >= 0.6 is 0 Å². The van der Waals surface area contributed by atoms with Gasteiger partial charge in [-0.1, -0.05) is 6.08 Å². The Hall–Kier alpha value is -2.45. The summed E-state index contributed by atoms with van der Waals surface area (Å²) in [5.41, 5.74) is 0.376. The molecule has 0 bridgehead atoms. The lowest BCUT2D eigenvalue weighted by Crippen LogP contribution is -2.35. The Morgan fingerprint density at radius 1 is 1.55 bits per heavy atom. The Morgan fingerprint density at radius 3 is 3.00 bits per heavy atom. The molecule has 0 saturated heterocycles. The minimum absolute atomic E-state index is 0.122. The first-order valence-electron chi connectivity index (χ1n) is 6.73. The van der Waals surface area contributed by atoms with Crippen LogP contribution in [0.3, 0.4) is 0 Å². The number of nitrogens with zero attached hydrogens (tertiary/aromatic N) is 2. The van der Waals surface area contributed by atoms with Crippen LogP contribution in [0.1, 0.15) is 17.3 Å². The van der Waals surface area contributed by atoms with Gasteiger partial charge in [0.25, 0.3) is 5.91 Å². The number of carbonyl (C=O) groups excluding carboxylic acids is 2. The first-order chi connectivity index (χ1) is 10.6. The molecule has 22 heavy (non-hydrogen) atoms. The molecule has 118 valence electrons. The molecule has 0 aromatic carbocycles. The smallest absolute Gasteiger partial charge is 0.305 e. The number of aliphatic hydroxyl groups excluding tert-OH is 1. The fourth-order valence-corrected chi connectivity index (χ4v) is 1.78. The van der Waals surface area contributed by atoms with Gasteiger partial charge in [0.05, 0.1) is 18.7 Å². The molecule has 8 nitrogen and oxygen atoms in total. The van der Waals surface area contributed by atoms with E-state index in [0.717, 1.165) is 0 Å². The number of pyridine rings is 1. The van der Waals surface area contributed by atoms with E-state index in [-0.39, 0.29) is 19.1 Å². The van der Waals surface area contributed by atoms with Crippen molar-refractivity contribution in [3.8, 4) is 0 Å². The maximum atomic E-state index is 11.7. The van der Waals surface area contributed by atoms with Gasteiger partial charge < -0.3 is 15.2 Å². The number of aromatic nitrogens is 1. The first-order valence-corrected chi connectivity index (χ1v) is 6.73. The monoisotopic (exact) mass is 307 g/mol. The first kappa shape index (κ1) is 15.9. The molecular formula is C14H17N3O5. The number of carbonyl (C=O) groups is 2. The highest BCUT2D eigenvalue weighted by molar-refractivity contribution is 5.94. The van der Waals surface area contributed by atoms with Crippen molar-refractivity contribution in [2.45, 2.75) is 13.2 Å². The summed E-state index contributed by atoms with van der Waals surface area (Å²) in [6.45, 7) is 1.81. The summed E-state index contributed by atoms with van der Waals surface area (Å²) >= 11 is 0. The second-order valence-electron chi connectivity index (χ2n) is 4.46. The van der Waals surface area contributed by atoms with Gasteiger partial charge in [-0.3, -0.25) is 9.59 Å². The predicted molar refractivity (Wildman–Crippen MR) is 76.8 cm³/mol. The number of ether oxygens (including phenoxy) is 1. The SMILES string of the molecule is CC(=O)OC1C=CCN(c2ccc(C(=O)NCCO)cn2)O1. The largest absolute Gasteiger partial charge is 0.430 e. The fraction of sp³-hybridized carbons (Fsp3) is 0.357. The molecule has 1 aliphatic rings. The molecule has 1 amide bonds. The van der Waals surface area contributed by atoms with E-state index in [2.05, 4.69) is 10.3 Å². The Morgan fingerprint density at radius 2 is 2.36 bits per heavy atom. The van der Waals surface area contributed by atoms with Crippen molar-refractivity contribution in [2.24, 2.45) is 0 Å². The van der Waals surface area contributed by atoms with Crippen molar-refractivity contribution >= 4 is 17.7 Å². The Balaban J connectivity index is 2.00. The number of hydrogen-bond acceptors (Lipinski definition) is 7. The number of rotatable bonds is 5. The molecule has 1 aromatic rings. The summed E-state index contributed by atoms with van der Waals surface area (Å²) in [6.07, 6.45) is 4.04. The molecule has 1 aliphatic heterocycles. The van der Waals surface area contributed by atoms with Crippen LogP contribution in [-0.4, -0.2) is 48.0 Å². The van der Waals surface area contributed by atoms with Gasteiger partial charge in [-0.2, -0.15) is 0 Å². The molecule has 2 rings (SSSR count). The molecule has 2 N–H and O–H groups in total. The van der Waals surface area contributed by atoms with Crippen LogP contribution in [0.15, 0.2) is 30.5 Å². The van der Waals surface area contributed by atoms with Crippen LogP contribution in [-0.2, 0) is 14.4 Å². The third-order valence-corrected chi connectivity index (χ3v) is 2.74. The molecule has 2 heterocycles. The third-order valence-electron chi connectivity index (χ3n) is 2.74. The van der Waals surface area contributed by atoms with Gasteiger partial charge in [0.2, 0.25) is 6.29 Å². The number of amides is 1. The van der Waals surface area contributed by atoms with E-state index < -0.39 is 12.3 Å². The lowest BCUT2D eigenvalue weighted by molar-refractivity contribution is -0.169. The van der Waals surface area contributed by atoms with Crippen molar-refractivity contribution in [3.05, 3.63) is 36.0 Å². The average molecular weight is 307 g/mol. The standard InChI is InChI=1S/C14H17N3O5/c1-10(19)21-13-3-2-7-17(22-13)12-5-4-11(9-16-12)14(20)15-6-8-18/h2-5,9,13,18H,6-8H2,1H3,(H,15,20). The van der Waals surface area contributed by atoms with Crippen molar-refractivity contribution < 1.29 is 24.3 Å². The van der Waals surface area contributed by atoms with Gasteiger partial charge in [-0.15, -0.1) is 0 Å². The summed E-state index contributed by atoms with van der Waals surface area (Å²) in [6, 6.07) is 3.22. The minimum Gasteiger partial charge on any atom is -0.430 e. The lowest BCUT2D eigenvalue weighted by atomic mass is 10.2. The average Bonchev–Trinajstić information content (AvgIpc) is 2.52. The summed E-state index contributed by atoms with van der Waals surface area (Å²) in [7, 11) is 0. The fourth-order valence-electron chi connectivity index (χ4n) is 1.78. The Bertz CT molecular complexity index is 558. The molecule has 1 atom stereocenters. The summed E-state index contributed by atoms with van der Waals surface area (Å²) < 4.78 is 4.94. The van der Waals surface area contributed by atoms with Gasteiger partial charge in [-0.05, 0) is 18.2 Å². The molecule has 8 heteroatoms. The maximum Gasteiger partial charge on any atom is 0.305 e. The molecule has 0 aliphatic carbocycles. The van der Waals surface area contributed by atoms with E-state index in [1.165, 1.54) is 18.2 Å². The third kappa shape index (κ3) is 4.27. The van der Waals surface area contributed by atoms with E-state index in [1.807, 2.05) is 0 Å². The molecule has 0 saturated carbocycles. The van der Waals surface area contributed by atoms with Crippen molar-refractivity contribution in [1.29, 1.82) is 0 Å².